The second-order valence-corrected chi connectivity index (χ2v) is 5.63. The van der Waals surface area contributed by atoms with Crippen LogP contribution in [0.2, 0.25) is 0 Å². The van der Waals surface area contributed by atoms with E-state index in [9.17, 15) is 9.59 Å². The first-order chi connectivity index (χ1) is 9.17. The number of carbonyl (C=O) groups excluding carboxylic acids is 2. The summed E-state index contributed by atoms with van der Waals surface area (Å²) in [4.78, 5) is 25.8. The van der Waals surface area contributed by atoms with E-state index in [-0.39, 0.29) is 23.9 Å². The Hall–Kier alpha value is -1.10. The van der Waals surface area contributed by atoms with Crippen LogP contribution in [0.25, 0.3) is 0 Å². The summed E-state index contributed by atoms with van der Waals surface area (Å²) in [5, 5.41) is 2.78. The Bertz CT molecular complexity index is 346. The van der Waals surface area contributed by atoms with Crippen molar-refractivity contribution >= 4 is 11.8 Å². The van der Waals surface area contributed by atoms with E-state index in [1.54, 1.807) is 0 Å². The lowest BCUT2D eigenvalue weighted by molar-refractivity contribution is -0.138. The van der Waals surface area contributed by atoms with Crippen molar-refractivity contribution in [3.8, 4) is 0 Å². The second kappa shape index (κ2) is 6.37. The third-order valence-electron chi connectivity index (χ3n) is 4.49. The van der Waals surface area contributed by atoms with Crippen LogP contribution in [-0.4, -0.2) is 41.9 Å². The van der Waals surface area contributed by atoms with Crippen molar-refractivity contribution in [3.63, 3.8) is 0 Å². The van der Waals surface area contributed by atoms with Gasteiger partial charge in [-0.15, -0.1) is 0 Å². The van der Waals surface area contributed by atoms with E-state index in [0.29, 0.717) is 31.8 Å². The maximum atomic E-state index is 12.6. The molecule has 1 aliphatic carbocycles. The Labute approximate surface area is 114 Å². The number of nitrogens with one attached hydrogen (secondary N) is 1. The molecule has 2 amide bonds. The van der Waals surface area contributed by atoms with Crippen molar-refractivity contribution in [2.45, 2.75) is 57.5 Å². The van der Waals surface area contributed by atoms with Crippen molar-refractivity contribution in [2.75, 3.05) is 13.1 Å². The minimum Gasteiger partial charge on any atom is -0.344 e. The summed E-state index contributed by atoms with van der Waals surface area (Å²) in [7, 11) is 0. The van der Waals surface area contributed by atoms with Gasteiger partial charge >= 0.3 is 0 Å². The molecule has 0 aromatic rings. The van der Waals surface area contributed by atoms with E-state index in [1.807, 2.05) is 11.8 Å². The standard InChI is InChI=1S/C14H25N3O2/c1-2-17(12-6-4-3-5-10(12)9-15)14(19)11-7-8-13(18)16-11/h10-12H,2-9,15H2,1H3,(H,16,18)/t10?,11-,12?/m0/s1. The molecule has 19 heavy (non-hydrogen) atoms. The molecule has 0 aromatic heterocycles. The molecule has 2 unspecified atom stereocenters. The van der Waals surface area contributed by atoms with Crippen molar-refractivity contribution in [3.05, 3.63) is 0 Å². The third-order valence-corrected chi connectivity index (χ3v) is 4.49. The van der Waals surface area contributed by atoms with Crippen LogP contribution in [-0.2, 0) is 9.59 Å². The zero-order chi connectivity index (χ0) is 13.8. The van der Waals surface area contributed by atoms with Crippen molar-refractivity contribution in [1.82, 2.24) is 10.2 Å². The Kier molecular flexibility index (Phi) is 4.80. The van der Waals surface area contributed by atoms with Crippen LogP contribution in [0.15, 0.2) is 0 Å². The molecule has 2 aliphatic rings. The van der Waals surface area contributed by atoms with Crippen LogP contribution >= 0.6 is 0 Å². The Balaban J connectivity index is 2.05. The molecule has 0 bridgehead atoms. The molecule has 2 rings (SSSR count). The van der Waals surface area contributed by atoms with Gasteiger partial charge in [0.15, 0.2) is 0 Å². The lowest BCUT2D eigenvalue weighted by Crippen LogP contribution is -2.53. The number of amides is 2. The van der Waals surface area contributed by atoms with Crippen LogP contribution in [0, 0.1) is 5.92 Å². The molecular formula is C14H25N3O2. The van der Waals surface area contributed by atoms with Crippen LogP contribution in [0.4, 0.5) is 0 Å². The maximum absolute atomic E-state index is 12.6. The van der Waals surface area contributed by atoms with Crippen molar-refractivity contribution in [1.29, 1.82) is 0 Å². The van der Waals surface area contributed by atoms with E-state index in [0.717, 1.165) is 12.8 Å². The van der Waals surface area contributed by atoms with Gasteiger partial charge in [0, 0.05) is 19.0 Å². The van der Waals surface area contributed by atoms with E-state index in [4.69, 9.17) is 5.73 Å². The fourth-order valence-corrected chi connectivity index (χ4v) is 3.43. The van der Waals surface area contributed by atoms with Gasteiger partial charge in [0.25, 0.3) is 0 Å². The van der Waals surface area contributed by atoms with Gasteiger partial charge in [-0.1, -0.05) is 12.8 Å². The minimum absolute atomic E-state index is 0.00609. The summed E-state index contributed by atoms with van der Waals surface area (Å²) in [5.74, 6) is 0.488. The van der Waals surface area contributed by atoms with E-state index >= 15 is 0 Å². The van der Waals surface area contributed by atoms with Gasteiger partial charge in [-0.05, 0) is 38.6 Å². The normalized spacial score (nSPS) is 31.1. The summed E-state index contributed by atoms with van der Waals surface area (Å²) in [6.07, 6.45) is 5.64. The first-order valence-corrected chi connectivity index (χ1v) is 7.47. The van der Waals surface area contributed by atoms with Crippen molar-refractivity contribution in [2.24, 2.45) is 11.7 Å². The molecule has 1 saturated heterocycles. The highest BCUT2D eigenvalue weighted by molar-refractivity contribution is 5.91. The molecule has 1 heterocycles. The number of nitrogens with zero attached hydrogens (tertiary/aromatic N) is 1. The van der Waals surface area contributed by atoms with E-state index < -0.39 is 0 Å². The SMILES string of the molecule is CCN(C(=O)[C@@H]1CCC(=O)N1)C1CCCCC1CN. The number of hydrogen-bond acceptors (Lipinski definition) is 3. The minimum atomic E-state index is -0.312. The van der Waals surface area contributed by atoms with Crippen molar-refractivity contribution < 1.29 is 9.59 Å². The highest BCUT2D eigenvalue weighted by atomic mass is 16.2. The van der Waals surface area contributed by atoms with Crippen LogP contribution in [0.3, 0.4) is 0 Å². The predicted octanol–water partition coefficient (Wildman–Crippen LogP) is 0.631. The van der Waals surface area contributed by atoms with E-state index in [1.165, 1.54) is 12.8 Å². The van der Waals surface area contributed by atoms with Crippen LogP contribution < -0.4 is 11.1 Å². The van der Waals surface area contributed by atoms with E-state index in [2.05, 4.69) is 5.32 Å². The van der Waals surface area contributed by atoms with Gasteiger partial charge in [-0.2, -0.15) is 0 Å². The molecule has 0 spiro atoms. The highest BCUT2D eigenvalue weighted by Gasteiger charge is 2.36. The molecule has 0 radical (unpaired) electrons. The van der Waals surface area contributed by atoms with Crippen LogP contribution in [0.1, 0.15) is 45.4 Å². The molecule has 5 heteroatoms. The molecule has 1 aliphatic heterocycles. The smallest absolute Gasteiger partial charge is 0.245 e. The number of rotatable bonds is 4. The zero-order valence-corrected chi connectivity index (χ0v) is 11.7. The van der Waals surface area contributed by atoms with Gasteiger partial charge in [-0.3, -0.25) is 9.59 Å². The average Bonchev–Trinajstić information content (AvgIpc) is 2.86. The molecule has 3 atom stereocenters. The summed E-state index contributed by atoms with van der Waals surface area (Å²) in [6.45, 7) is 3.36. The van der Waals surface area contributed by atoms with Gasteiger partial charge in [0.05, 0.1) is 0 Å². The zero-order valence-electron chi connectivity index (χ0n) is 11.7. The Morgan fingerprint density at radius 2 is 2.11 bits per heavy atom. The highest BCUT2D eigenvalue weighted by Crippen LogP contribution is 2.28. The fourth-order valence-electron chi connectivity index (χ4n) is 3.43. The lowest BCUT2D eigenvalue weighted by atomic mass is 9.83. The van der Waals surface area contributed by atoms with Gasteiger partial charge in [0.2, 0.25) is 11.8 Å². The average molecular weight is 267 g/mol. The molecule has 2 fully saturated rings. The summed E-state index contributed by atoms with van der Waals surface area (Å²) in [6, 6.07) is -0.0541. The molecule has 0 aromatic carbocycles. The summed E-state index contributed by atoms with van der Waals surface area (Å²) < 4.78 is 0. The van der Waals surface area contributed by atoms with Gasteiger partial charge in [0.1, 0.15) is 6.04 Å². The quantitative estimate of drug-likeness (QED) is 0.784. The molecule has 1 saturated carbocycles. The predicted molar refractivity (Wildman–Crippen MR) is 73.4 cm³/mol. The number of carbonyl (C=O) groups is 2. The fraction of sp³-hybridized carbons (Fsp3) is 0.857. The molecule has 108 valence electrons. The van der Waals surface area contributed by atoms with Gasteiger partial charge in [-0.25, -0.2) is 0 Å². The first kappa shape index (κ1) is 14.3. The number of likely N-dealkylation sites (N-methyl/N-ethyl adjacent to an activating group) is 1. The summed E-state index contributed by atoms with van der Waals surface area (Å²) >= 11 is 0. The molecule has 3 N–H and O–H groups in total. The monoisotopic (exact) mass is 267 g/mol. The maximum Gasteiger partial charge on any atom is 0.245 e. The lowest BCUT2D eigenvalue weighted by Gasteiger charge is -2.40. The first-order valence-electron chi connectivity index (χ1n) is 7.47. The Morgan fingerprint density at radius 3 is 2.68 bits per heavy atom. The van der Waals surface area contributed by atoms with Gasteiger partial charge < -0.3 is 16.0 Å². The molecular weight excluding hydrogens is 242 g/mol. The number of nitrogens with two attached hydrogens (primary N) is 1. The largest absolute Gasteiger partial charge is 0.344 e. The molecule has 5 nitrogen and oxygen atoms in total. The topological polar surface area (TPSA) is 75.4 Å². The Morgan fingerprint density at radius 1 is 1.37 bits per heavy atom. The second-order valence-electron chi connectivity index (χ2n) is 5.63. The third kappa shape index (κ3) is 3.08. The number of hydrogen-bond donors (Lipinski definition) is 2. The van der Waals surface area contributed by atoms with Crippen LogP contribution in [0.5, 0.6) is 0 Å². The summed E-state index contributed by atoms with van der Waals surface area (Å²) in [5.41, 5.74) is 5.85.